The largest absolute Gasteiger partial charge is 0.398 e. The second kappa shape index (κ2) is 8.30. The standard InChI is InChI=1S/C14H22N6O3/c1-22-5-2-17-14(21)19-12-8-11(15)10(9-18-12)13(16)20-3-6-23-7-4-20/h8-9,16H,2-7H2,1H3,(H4,15,17,18,19,21). The van der Waals surface area contributed by atoms with Crippen molar-refractivity contribution in [2.75, 3.05) is 57.6 Å². The van der Waals surface area contributed by atoms with Gasteiger partial charge in [0.05, 0.1) is 25.4 Å². The normalized spacial score (nSPS) is 14.4. The lowest BCUT2D eigenvalue weighted by atomic mass is 10.2. The first-order valence-electron chi connectivity index (χ1n) is 7.32. The summed E-state index contributed by atoms with van der Waals surface area (Å²) in [5.41, 5.74) is 6.93. The zero-order valence-corrected chi connectivity index (χ0v) is 13.1. The van der Waals surface area contributed by atoms with Crippen molar-refractivity contribution in [1.82, 2.24) is 15.2 Å². The molecule has 0 unspecified atom stereocenters. The van der Waals surface area contributed by atoms with Crippen LogP contribution in [0.1, 0.15) is 5.56 Å². The molecule has 9 nitrogen and oxygen atoms in total. The molecule has 0 aliphatic carbocycles. The number of carbonyl (C=O) groups excluding carboxylic acids is 1. The number of methoxy groups -OCH3 is 1. The average Bonchev–Trinajstić information content (AvgIpc) is 2.55. The van der Waals surface area contributed by atoms with E-state index in [0.29, 0.717) is 62.4 Å². The summed E-state index contributed by atoms with van der Waals surface area (Å²) in [4.78, 5) is 17.7. The Kier molecular flexibility index (Phi) is 6.12. The molecule has 1 saturated heterocycles. The Balaban J connectivity index is 1.97. The van der Waals surface area contributed by atoms with Crippen molar-refractivity contribution in [2.24, 2.45) is 0 Å². The fourth-order valence-corrected chi connectivity index (χ4v) is 2.12. The highest BCUT2D eigenvalue weighted by molar-refractivity contribution is 6.01. The molecule has 0 spiro atoms. The van der Waals surface area contributed by atoms with Crippen LogP contribution in [0.25, 0.3) is 0 Å². The molecule has 2 heterocycles. The van der Waals surface area contributed by atoms with Crippen LogP contribution in [0.3, 0.4) is 0 Å². The number of pyridine rings is 1. The van der Waals surface area contributed by atoms with Crippen molar-refractivity contribution in [3.8, 4) is 0 Å². The lowest BCUT2D eigenvalue weighted by molar-refractivity contribution is 0.0680. The first kappa shape index (κ1) is 17.0. The molecule has 2 rings (SSSR count). The summed E-state index contributed by atoms with van der Waals surface area (Å²) in [5, 5.41) is 13.4. The molecule has 2 amide bonds. The molecule has 0 aromatic carbocycles. The molecule has 1 fully saturated rings. The number of anilines is 2. The first-order chi connectivity index (χ1) is 11.1. The predicted octanol–water partition coefficient (Wildman–Crippen LogP) is 0.0893. The fourth-order valence-electron chi connectivity index (χ4n) is 2.12. The Morgan fingerprint density at radius 2 is 2.26 bits per heavy atom. The molecular formula is C14H22N6O3. The van der Waals surface area contributed by atoms with Crippen LogP contribution in [0.2, 0.25) is 0 Å². The van der Waals surface area contributed by atoms with Gasteiger partial charge in [0, 0.05) is 44.7 Å². The van der Waals surface area contributed by atoms with Crippen LogP contribution in [-0.2, 0) is 9.47 Å². The van der Waals surface area contributed by atoms with Crippen LogP contribution in [0.4, 0.5) is 16.3 Å². The number of nitrogens with zero attached hydrogens (tertiary/aromatic N) is 2. The summed E-state index contributed by atoms with van der Waals surface area (Å²) in [6.45, 7) is 3.32. The molecule has 1 aromatic heterocycles. The summed E-state index contributed by atoms with van der Waals surface area (Å²) in [6.07, 6.45) is 1.50. The van der Waals surface area contributed by atoms with Gasteiger partial charge in [-0.25, -0.2) is 9.78 Å². The fraction of sp³-hybridized carbons (Fsp3) is 0.500. The van der Waals surface area contributed by atoms with Crippen molar-refractivity contribution in [1.29, 1.82) is 5.41 Å². The minimum Gasteiger partial charge on any atom is -0.398 e. The minimum absolute atomic E-state index is 0.314. The maximum absolute atomic E-state index is 11.6. The van der Waals surface area contributed by atoms with Crippen molar-refractivity contribution in [3.05, 3.63) is 17.8 Å². The van der Waals surface area contributed by atoms with Gasteiger partial charge >= 0.3 is 6.03 Å². The first-order valence-corrected chi connectivity index (χ1v) is 7.32. The van der Waals surface area contributed by atoms with Gasteiger partial charge < -0.3 is 25.4 Å². The molecule has 0 radical (unpaired) electrons. The minimum atomic E-state index is -0.384. The van der Waals surface area contributed by atoms with Gasteiger partial charge in [0.2, 0.25) is 0 Å². The Hall–Kier alpha value is -2.39. The SMILES string of the molecule is COCCNC(=O)Nc1cc(N)c(C(=N)N2CCOCC2)cn1. The number of rotatable bonds is 5. The van der Waals surface area contributed by atoms with E-state index in [9.17, 15) is 4.79 Å². The lowest BCUT2D eigenvalue weighted by Gasteiger charge is -2.29. The maximum Gasteiger partial charge on any atom is 0.320 e. The number of urea groups is 1. The highest BCUT2D eigenvalue weighted by Crippen LogP contribution is 2.17. The van der Waals surface area contributed by atoms with Gasteiger partial charge in [-0.3, -0.25) is 10.7 Å². The number of hydrogen-bond donors (Lipinski definition) is 4. The van der Waals surface area contributed by atoms with E-state index in [4.69, 9.17) is 20.6 Å². The predicted molar refractivity (Wildman–Crippen MR) is 86.8 cm³/mol. The van der Waals surface area contributed by atoms with Gasteiger partial charge in [-0.2, -0.15) is 0 Å². The summed E-state index contributed by atoms with van der Waals surface area (Å²) >= 11 is 0. The Labute approximate surface area is 134 Å². The molecule has 1 aromatic rings. The van der Waals surface area contributed by atoms with Gasteiger partial charge in [-0.05, 0) is 0 Å². The van der Waals surface area contributed by atoms with Crippen molar-refractivity contribution in [3.63, 3.8) is 0 Å². The quantitative estimate of drug-likeness (QED) is 0.346. The van der Waals surface area contributed by atoms with E-state index in [-0.39, 0.29) is 6.03 Å². The van der Waals surface area contributed by atoms with Gasteiger partial charge in [-0.15, -0.1) is 0 Å². The molecule has 23 heavy (non-hydrogen) atoms. The van der Waals surface area contributed by atoms with Crippen LogP contribution in [0, 0.1) is 5.41 Å². The van der Waals surface area contributed by atoms with Crippen LogP contribution < -0.4 is 16.4 Å². The number of hydrogen-bond acceptors (Lipinski definition) is 6. The van der Waals surface area contributed by atoms with Crippen molar-refractivity contribution >= 4 is 23.4 Å². The van der Waals surface area contributed by atoms with Gasteiger partial charge in [0.15, 0.2) is 0 Å². The van der Waals surface area contributed by atoms with Gasteiger partial charge in [-0.1, -0.05) is 0 Å². The smallest absolute Gasteiger partial charge is 0.320 e. The Morgan fingerprint density at radius 3 is 2.91 bits per heavy atom. The van der Waals surface area contributed by atoms with E-state index in [1.54, 1.807) is 13.2 Å². The van der Waals surface area contributed by atoms with Crippen molar-refractivity contribution in [2.45, 2.75) is 0 Å². The Morgan fingerprint density at radius 1 is 1.52 bits per heavy atom. The van der Waals surface area contributed by atoms with E-state index >= 15 is 0 Å². The molecule has 126 valence electrons. The molecule has 1 aliphatic rings. The number of aromatic nitrogens is 1. The molecule has 0 atom stereocenters. The molecule has 1 aliphatic heterocycles. The van der Waals surface area contributed by atoms with E-state index in [1.165, 1.54) is 6.20 Å². The summed E-state index contributed by atoms with van der Waals surface area (Å²) in [7, 11) is 1.56. The highest BCUT2D eigenvalue weighted by atomic mass is 16.5. The van der Waals surface area contributed by atoms with Crippen LogP contribution in [0.5, 0.6) is 0 Å². The molecule has 0 saturated carbocycles. The van der Waals surface area contributed by atoms with E-state index in [0.717, 1.165) is 0 Å². The number of amidine groups is 1. The average molecular weight is 322 g/mol. The number of amides is 2. The number of nitrogens with two attached hydrogens (primary N) is 1. The summed E-state index contributed by atoms with van der Waals surface area (Å²) in [6, 6.07) is 1.16. The zero-order valence-electron chi connectivity index (χ0n) is 13.1. The third kappa shape index (κ3) is 4.80. The van der Waals surface area contributed by atoms with E-state index in [2.05, 4.69) is 15.6 Å². The number of carbonyl (C=O) groups is 1. The highest BCUT2D eigenvalue weighted by Gasteiger charge is 2.18. The number of nitrogens with one attached hydrogen (secondary N) is 3. The number of morpholine rings is 1. The molecule has 0 bridgehead atoms. The lowest BCUT2D eigenvalue weighted by Crippen LogP contribution is -2.41. The van der Waals surface area contributed by atoms with E-state index < -0.39 is 0 Å². The Bertz CT molecular complexity index is 559. The summed E-state index contributed by atoms with van der Waals surface area (Å²) in [5.74, 6) is 0.644. The molecule has 9 heteroatoms. The summed E-state index contributed by atoms with van der Waals surface area (Å²) < 4.78 is 10.1. The van der Waals surface area contributed by atoms with Crippen LogP contribution in [0.15, 0.2) is 12.3 Å². The third-order valence-electron chi connectivity index (χ3n) is 3.35. The monoisotopic (exact) mass is 322 g/mol. The maximum atomic E-state index is 11.6. The number of nitrogen functional groups attached to an aromatic ring is 1. The van der Waals surface area contributed by atoms with E-state index in [1.807, 2.05) is 4.90 Å². The van der Waals surface area contributed by atoms with Crippen LogP contribution >= 0.6 is 0 Å². The zero-order chi connectivity index (χ0) is 16.7. The van der Waals surface area contributed by atoms with Crippen LogP contribution in [-0.4, -0.2) is 68.3 Å². The topological polar surface area (TPSA) is 126 Å². The molecule has 5 N–H and O–H groups in total. The molecular weight excluding hydrogens is 300 g/mol. The second-order valence-corrected chi connectivity index (χ2v) is 4.98. The van der Waals surface area contributed by atoms with Crippen molar-refractivity contribution < 1.29 is 14.3 Å². The second-order valence-electron chi connectivity index (χ2n) is 4.98. The number of ether oxygens (including phenoxy) is 2. The van der Waals surface area contributed by atoms with Gasteiger partial charge in [0.25, 0.3) is 0 Å². The third-order valence-corrected chi connectivity index (χ3v) is 3.35. The van der Waals surface area contributed by atoms with Gasteiger partial charge in [0.1, 0.15) is 11.7 Å².